The number of amides is 1. The van der Waals surface area contributed by atoms with Crippen LogP contribution in [0.3, 0.4) is 0 Å². The van der Waals surface area contributed by atoms with Crippen LogP contribution in [0.5, 0.6) is 17.2 Å². The zero-order valence-corrected chi connectivity index (χ0v) is 26.2. The van der Waals surface area contributed by atoms with Gasteiger partial charge in [-0.1, -0.05) is 41.4 Å². The number of rotatable bonds is 9. The predicted molar refractivity (Wildman–Crippen MR) is 172 cm³/mol. The van der Waals surface area contributed by atoms with Gasteiger partial charge in [0, 0.05) is 27.7 Å². The van der Waals surface area contributed by atoms with Crippen molar-refractivity contribution < 1.29 is 23.8 Å². The Balaban J connectivity index is 1.38. The first kappa shape index (κ1) is 30.9. The number of ether oxygens (including phenoxy) is 3. The number of nitrogens with zero attached hydrogens (tertiary/aromatic N) is 2. The quantitative estimate of drug-likeness (QED) is 0.165. The molecule has 0 aliphatic heterocycles. The number of aromatic nitrogens is 2. The Kier molecular flexibility index (Phi) is 9.13. The minimum absolute atomic E-state index is 0.0805. The molecule has 0 bridgehead atoms. The van der Waals surface area contributed by atoms with E-state index in [9.17, 15) is 9.59 Å². The fourth-order valence-corrected chi connectivity index (χ4v) is 5.02. The third-order valence-electron chi connectivity index (χ3n) is 6.49. The highest BCUT2D eigenvalue weighted by Crippen LogP contribution is 2.36. The van der Waals surface area contributed by atoms with Gasteiger partial charge in [0.25, 0.3) is 5.91 Å². The zero-order valence-electron chi connectivity index (χ0n) is 24.7. The van der Waals surface area contributed by atoms with Crippen molar-refractivity contribution in [2.75, 3.05) is 13.7 Å². The van der Waals surface area contributed by atoms with Crippen molar-refractivity contribution in [2.24, 2.45) is 0 Å². The fourth-order valence-electron chi connectivity index (χ4n) is 4.51. The molecule has 0 saturated carbocycles. The molecule has 1 aromatic heterocycles. The number of esters is 1. The minimum Gasteiger partial charge on any atom is -0.497 e. The molecule has 226 valence electrons. The summed E-state index contributed by atoms with van der Waals surface area (Å²) in [6.07, 6.45) is 1.84. The highest BCUT2D eigenvalue weighted by molar-refractivity contribution is 6.34. The van der Waals surface area contributed by atoms with Crippen LogP contribution in [0.1, 0.15) is 37.6 Å². The molecular weight excluding hydrogens is 601 g/mol. The lowest BCUT2D eigenvalue weighted by molar-refractivity contribution is -0.154. The Morgan fingerprint density at radius 3 is 2.20 bits per heavy atom. The lowest BCUT2D eigenvalue weighted by Crippen LogP contribution is -2.29. The zero-order chi connectivity index (χ0) is 31.4. The molecule has 0 radical (unpaired) electrons. The minimum atomic E-state index is -0.573. The highest BCUT2D eigenvalue weighted by atomic mass is 35.5. The number of hydrogen-bond acceptors (Lipinski definition) is 6. The van der Waals surface area contributed by atoms with Crippen LogP contribution in [0.15, 0.2) is 85.1 Å². The third kappa shape index (κ3) is 7.70. The summed E-state index contributed by atoms with van der Waals surface area (Å²) in [4.78, 5) is 24.6. The summed E-state index contributed by atoms with van der Waals surface area (Å²) in [5.74, 6) is 1.09. The molecule has 5 aromatic rings. The Labute approximate surface area is 265 Å². The standard InChI is InChI=1S/C34H31Cl2N3O5/c1-34(2,3)44-31(40)13-14-37-33(41)21-7-10-28(11-8-21)43-30-20-39(27-18-25(35)17-26(36)19-27)38-32(30)24-6-5-23-16-29(42-4)12-9-22(23)15-24/h5-12,15-20H,13-14H2,1-4H3,(H,37,41). The molecule has 1 heterocycles. The fraction of sp³-hybridized carbons (Fsp3) is 0.206. The second-order valence-electron chi connectivity index (χ2n) is 11.1. The molecule has 0 unspecified atom stereocenters. The monoisotopic (exact) mass is 631 g/mol. The molecule has 44 heavy (non-hydrogen) atoms. The summed E-state index contributed by atoms with van der Waals surface area (Å²) in [7, 11) is 1.64. The van der Waals surface area contributed by atoms with Gasteiger partial charge in [-0.2, -0.15) is 5.10 Å². The molecular formula is C34H31Cl2N3O5. The first-order chi connectivity index (χ1) is 21.0. The van der Waals surface area contributed by atoms with Crippen molar-refractivity contribution in [2.45, 2.75) is 32.8 Å². The second kappa shape index (κ2) is 13.0. The van der Waals surface area contributed by atoms with Crippen LogP contribution >= 0.6 is 23.2 Å². The normalized spacial score (nSPS) is 11.3. The first-order valence-electron chi connectivity index (χ1n) is 13.9. The van der Waals surface area contributed by atoms with E-state index in [1.54, 1.807) is 81.2 Å². The molecule has 0 fully saturated rings. The van der Waals surface area contributed by atoms with Crippen molar-refractivity contribution in [3.63, 3.8) is 0 Å². The van der Waals surface area contributed by atoms with Gasteiger partial charge in [0.2, 0.25) is 0 Å². The lowest BCUT2D eigenvalue weighted by atomic mass is 10.0. The Hall–Kier alpha value is -4.53. The van der Waals surface area contributed by atoms with E-state index in [0.29, 0.717) is 38.5 Å². The van der Waals surface area contributed by atoms with Gasteiger partial charge in [0.15, 0.2) is 5.75 Å². The summed E-state index contributed by atoms with van der Waals surface area (Å²) in [5.41, 5.74) is 1.96. The number of nitrogens with one attached hydrogen (secondary N) is 1. The number of methoxy groups -OCH3 is 1. The average Bonchev–Trinajstić information content (AvgIpc) is 3.39. The van der Waals surface area contributed by atoms with Crippen molar-refractivity contribution in [1.82, 2.24) is 15.1 Å². The molecule has 10 heteroatoms. The van der Waals surface area contributed by atoms with Gasteiger partial charge in [-0.3, -0.25) is 9.59 Å². The molecule has 0 aliphatic rings. The molecule has 0 saturated heterocycles. The second-order valence-corrected chi connectivity index (χ2v) is 11.9. The predicted octanol–water partition coefficient (Wildman–Crippen LogP) is 8.26. The third-order valence-corrected chi connectivity index (χ3v) is 6.93. The number of hydrogen-bond donors (Lipinski definition) is 1. The van der Waals surface area contributed by atoms with E-state index >= 15 is 0 Å². The first-order valence-corrected chi connectivity index (χ1v) is 14.7. The van der Waals surface area contributed by atoms with E-state index in [2.05, 4.69) is 5.32 Å². The van der Waals surface area contributed by atoms with E-state index in [0.717, 1.165) is 22.1 Å². The summed E-state index contributed by atoms with van der Waals surface area (Å²) in [5, 5.41) is 10.6. The van der Waals surface area contributed by atoms with Crippen LogP contribution < -0.4 is 14.8 Å². The topological polar surface area (TPSA) is 91.7 Å². The Morgan fingerprint density at radius 1 is 0.864 bits per heavy atom. The van der Waals surface area contributed by atoms with Crippen LogP contribution in [0.25, 0.3) is 27.7 Å². The Bertz CT molecular complexity index is 1810. The van der Waals surface area contributed by atoms with Gasteiger partial charge in [0.1, 0.15) is 22.8 Å². The van der Waals surface area contributed by atoms with Crippen molar-refractivity contribution >= 4 is 45.9 Å². The lowest BCUT2D eigenvalue weighted by Gasteiger charge is -2.19. The molecule has 5 rings (SSSR count). The number of carbonyl (C=O) groups excluding carboxylic acids is 2. The summed E-state index contributed by atoms with van der Waals surface area (Å²) < 4.78 is 18.6. The maximum absolute atomic E-state index is 12.6. The largest absolute Gasteiger partial charge is 0.497 e. The van der Waals surface area contributed by atoms with Crippen LogP contribution in [0.4, 0.5) is 0 Å². The van der Waals surface area contributed by atoms with Crippen molar-refractivity contribution in [1.29, 1.82) is 0 Å². The van der Waals surface area contributed by atoms with Crippen LogP contribution in [-0.2, 0) is 9.53 Å². The van der Waals surface area contributed by atoms with Crippen molar-refractivity contribution in [3.05, 3.63) is 101 Å². The van der Waals surface area contributed by atoms with Gasteiger partial charge in [-0.15, -0.1) is 0 Å². The van der Waals surface area contributed by atoms with Crippen LogP contribution in [0, 0.1) is 0 Å². The maximum Gasteiger partial charge on any atom is 0.308 e. The average molecular weight is 633 g/mol. The van der Waals surface area contributed by atoms with E-state index in [-0.39, 0.29) is 24.8 Å². The molecule has 0 aliphatic carbocycles. The number of halogens is 2. The number of benzene rings is 4. The smallest absolute Gasteiger partial charge is 0.308 e. The van der Waals surface area contributed by atoms with Gasteiger partial charge in [0.05, 0.1) is 25.4 Å². The van der Waals surface area contributed by atoms with Gasteiger partial charge in [-0.25, -0.2) is 4.68 Å². The van der Waals surface area contributed by atoms with E-state index in [1.807, 2.05) is 36.4 Å². The molecule has 0 spiro atoms. The molecule has 1 amide bonds. The summed E-state index contributed by atoms with van der Waals surface area (Å²) in [6.45, 7) is 5.56. The van der Waals surface area contributed by atoms with E-state index in [4.69, 9.17) is 42.5 Å². The molecule has 8 nitrogen and oxygen atoms in total. The number of carbonyl (C=O) groups is 2. The van der Waals surface area contributed by atoms with Gasteiger partial charge >= 0.3 is 5.97 Å². The summed E-state index contributed by atoms with van der Waals surface area (Å²) in [6, 6.07) is 23.8. The van der Waals surface area contributed by atoms with Crippen LogP contribution in [0.2, 0.25) is 10.0 Å². The molecule has 0 atom stereocenters. The SMILES string of the molecule is COc1ccc2cc(-c3nn(-c4cc(Cl)cc(Cl)c4)cc3Oc3ccc(C(=O)NCCC(=O)OC(C)(C)C)cc3)ccc2c1. The highest BCUT2D eigenvalue weighted by Gasteiger charge is 2.18. The van der Waals surface area contributed by atoms with Crippen LogP contribution in [-0.4, -0.2) is 40.9 Å². The maximum atomic E-state index is 12.6. The van der Waals surface area contributed by atoms with Crippen molar-refractivity contribution in [3.8, 4) is 34.2 Å². The molecule has 1 N–H and O–H groups in total. The van der Waals surface area contributed by atoms with E-state index < -0.39 is 5.60 Å². The summed E-state index contributed by atoms with van der Waals surface area (Å²) >= 11 is 12.5. The Morgan fingerprint density at radius 2 is 1.52 bits per heavy atom. The number of fused-ring (bicyclic) bond motifs is 1. The molecule has 4 aromatic carbocycles. The van der Waals surface area contributed by atoms with Gasteiger partial charge < -0.3 is 19.5 Å². The van der Waals surface area contributed by atoms with Gasteiger partial charge in [-0.05, 0) is 92.2 Å². The van der Waals surface area contributed by atoms with E-state index in [1.165, 1.54) is 0 Å².